The van der Waals surface area contributed by atoms with Gasteiger partial charge in [-0.2, -0.15) is 0 Å². The van der Waals surface area contributed by atoms with E-state index >= 15 is 0 Å². The van der Waals surface area contributed by atoms with Crippen molar-refractivity contribution in [2.45, 2.75) is 39.7 Å². The molecule has 94 valence electrons. The molecule has 1 aromatic heterocycles. The van der Waals surface area contributed by atoms with Gasteiger partial charge in [0, 0.05) is 31.8 Å². The molecule has 17 heavy (non-hydrogen) atoms. The van der Waals surface area contributed by atoms with E-state index in [1.807, 2.05) is 13.1 Å². The van der Waals surface area contributed by atoms with Crippen LogP contribution in [0.15, 0.2) is 6.20 Å². The normalized spacial score (nSPS) is 16.2. The fraction of sp³-hybridized carbons (Fsp3) is 0.692. The fourth-order valence-corrected chi connectivity index (χ4v) is 1.98. The molecule has 4 nitrogen and oxygen atoms in total. The average molecular weight is 235 g/mol. The number of aromatic nitrogens is 2. The number of nitrogens with zero attached hydrogens (tertiary/aromatic N) is 3. The Morgan fingerprint density at radius 3 is 3.00 bits per heavy atom. The van der Waals surface area contributed by atoms with Crippen molar-refractivity contribution in [3.8, 4) is 0 Å². The zero-order valence-electron chi connectivity index (χ0n) is 10.9. The number of ether oxygens (including phenoxy) is 1. The predicted molar refractivity (Wildman–Crippen MR) is 66.7 cm³/mol. The van der Waals surface area contributed by atoms with Crippen molar-refractivity contribution in [2.24, 2.45) is 0 Å². The van der Waals surface area contributed by atoms with E-state index in [1.165, 1.54) is 11.3 Å². The van der Waals surface area contributed by atoms with E-state index in [1.54, 1.807) is 0 Å². The molecule has 1 aliphatic rings. The summed E-state index contributed by atoms with van der Waals surface area (Å²) in [4.78, 5) is 11.4. The SMILES string of the molecule is CCOCN1CCc2cnc(C(C)C)nc2C1. The summed E-state index contributed by atoms with van der Waals surface area (Å²) in [6, 6.07) is 0. The number of rotatable bonds is 4. The molecule has 0 fully saturated rings. The standard InChI is InChI=1S/C13H21N3O/c1-4-17-9-16-6-5-11-7-14-13(10(2)3)15-12(11)8-16/h7,10H,4-6,8-9H2,1-3H3. The van der Waals surface area contributed by atoms with Crippen LogP contribution >= 0.6 is 0 Å². The van der Waals surface area contributed by atoms with Crippen LogP contribution in [0, 0.1) is 0 Å². The zero-order valence-corrected chi connectivity index (χ0v) is 10.9. The van der Waals surface area contributed by atoms with Crippen molar-refractivity contribution < 1.29 is 4.74 Å². The van der Waals surface area contributed by atoms with Gasteiger partial charge >= 0.3 is 0 Å². The summed E-state index contributed by atoms with van der Waals surface area (Å²) in [5.74, 6) is 1.34. The third kappa shape index (κ3) is 3.01. The summed E-state index contributed by atoms with van der Waals surface area (Å²) in [7, 11) is 0. The lowest BCUT2D eigenvalue weighted by Crippen LogP contribution is -2.33. The van der Waals surface area contributed by atoms with Gasteiger partial charge in [-0.05, 0) is 18.9 Å². The minimum absolute atomic E-state index is 0.391. The maximum atomic E-state index is 5.45. The van der Waals surface area contributed by atoms with E-state index in [0.717, 1.165) is 31.9 Å². The highest BCUT2D eigenvalue weighted by Gasteiger charge is 2.18. The van der Waals surface area contributed by atoms with Crippen LogP contribution in [0.3, 0.4) is 0 Å². The molecule has 0 saturated heterocycles. The van der Waals surface area contributed by atoms with Crippen LogP contribution < -0.4 is 0 Å². The summed E-state index contributed by atoms with van der Waals surface area (Å²) in [6.07, 6.45) is 3.02. The summed E-state index contributed by atoms with van der Waals surface area (Å²) < 4.78 is 5.45. The van der Waals surface area contributed by atoms with E-state index in [-0.39, 0.29) is 0 Å². The van der Waals surface area contributed by atoms with Gasteiger partial charge in [0.1, 0.15) is 5.82 Å². The van der Waals surface area contributed by atoms with Crippen molar-refractivity contribution in [3.05, 3.63) is 23.3 Å². The quantitative estimate of drug-likeness (QED) is 0.799. The molecule has 0 aliphatic carbocycles. The summed E-state index contributed by atoms with van der Waals surface area (Å²) >= 11 is 0. The molecule has 4 heteroatoms. The Bertz CT molecular complexity index is 379. The van der Waals surface area contributed by atoms with Crippen LogP contribution in [0.25, 0.3) is 0 Å². The molecule has 2 heterocycles. The molecule has 0 N–H and O–H groups in total. The number of hydrogen-bond donors (Lipinski definition) is 0. The Morgan fingerprint density at radius 2 is 2.29 bits per heavy atom. The average Bonchev–Trinajstić information content (AvgIpc) is 2.35. The monoisotopic (exact) mass is 235 g/mol. The van der Waals surface area contributed by atoms with Crippen LogP contribution in [0.4, 0.5) is 0 Å². The first-order valence-corrected chi connectivity index (χ1v) is 6.35. The Morgan fingerprint density at radius 1 is 1.47 bits per heavy atom. The van der Waals surface area contributed by atoms with Crippen LogP contribution in [0.5, 0.6) is 0 Å². The van der Waals surface area contributed by atoms with Crippen molar-refractivity contribution in [3.63, 3.8) is 0 Å². The Balaban J connectivity index is 2.09. The van der Waals surface area contributed by atoms with Gasteiger partial charge in [0.25, 0.3) is 0 Å². The van der Waals surface area contributed by atoms with Gasteiger partial charge in [0.2, 0.25) is 0 Å². The minimum Gasteiger partial charge on any atom is -0.366 e. The van der Waals surface area contributed by atoms with Crippen LogP contribution in [0.1, 0.15) is 43.8 Å². The minimum atomic E-state index is 0.391. The molecule has 0 aromatic carbocycles. The molecule has 0 amide bonds. The number of fused-ring (bicyclic) bond motifs is 1. The molecule has 0 unspecified atom stereocenters. The van der Waals surface area contributed by atoms with Crippen LogP contribution in [-0.4, -0.2) is 34.8 Å². The van der Waals surface area contributed by atoms with E-state index < -0.39 is 0 Å². The highest BCUT2D eigenvalue weighted by molar-refractivity contribution is 5.21. The van der Waals surface area contributed by atoms with Gasteiger partial charge in [-0.15, -0.1) is 0 Å². The molecule has 0 spiro atoms. The van der Waals surface area contributed by atoms with Crippen molar-refractivity contribution in [1.29, 1.82) is 0 Å². The molecule has 0 atom stereocenters. The van der Waals surface area contributed by atoms with Crippen molar-refractivity contribution in [1.82, 2.24) is 14.9 Å². The molecule has 1 aromatic rings. The zero-order chi connectivity index (χ0) is 12.3. The molecular weight excluding hydrogens is 214 g/mol. The summed E-state index contributed by atoms with van der Waals surface area (Å²) in [6.45, 7) is 9.68. The van der Waals surface area contributed by atoms with E-state index in [4.69, 9.17) is 4.74 Å². The second-order valence-electron chi connectivity index (χ2n) is 4.78. The maximum absolute atomic E-state index is 5.45. The predicted octanol–water partition coefficient (Wildman–Crippen LogP) is 1.95. The Hall–Kier alpha value is -1.00. The molecular formula is C13H21N3O. The third-order valence-electron chi connectivity index (χ3n) is 3.04. The highest BCUT2D eigenvalue weighted by Crippen LogP contribution is 2.18. The van der Waals surface area contributed by atoms with Gasteiger partial charge in [-0.25, -0.2) is 9.97 Å². The van der Waals surface area contributed by atoms with Crippen molar-refractivity contribution in [2.75, 3.05) is 19.9 Å². The molecule has 2 rings (SSSR count). The molecule has 0 radical (unpaired) electrons. The summed E-state index contributed by atoms with van der Waals surface area (Å²) in [5.41, 5.74) is 2.47. The lowest BCUT2D eigenvalue weighted by Gasteiger charge is -2.27. The van der Waals surface area contributed by atoms with E-state index in [0.29, 0.717) is 12.6 Å². The van der Waals surface area contributed by atoms with Gasteiger partial charge in [0.05, 0.1) is 12.4 Å². The smallest absolute Gasteiger partial charge is 0.131 e. The topological polar surface area (TPSA) is 38.2 Å². The fourth-order valence-electron chi connectivity index (χ4n) is 1.98. The van der Waals surface area contributed by atoms with Crippen LogP contribution in [0.2, 0.25) is 0 Å². The first-order valence-electron chi connectivity index (χ1n) is 6.35. The van der Waals surface area contributed by atoms with Gasteiger partial charge < -0.3 is 4.74 Å². The van der Waals surface area contributed by atoms with Crippen molar-refractivity contribution >= 4 is 0 Å². The number of hydrogen-bond acceptors (Lipinski definition) is 4. The molecule has 0 bridgehead atoms. The van der Waals surface area contributed by atoms with E-state index in [9.17, 15) is 0 Å². The second kappa shape index (κ2) is 5.56. The molecule has 0 saturated carbocycles. The lowest BCUT2D eigenvalue weighted by atomic mass is 10.1. The van der Waals surface area contributed by atoms with E-state index in [2.05, 4.69) is 28.7 Å². The van der Waals surface area contributed by atoms with Gasteiger partial charge in [-0.3, -0.25) is 4.90 Å². The largest absolute Gasteiger partial charge is 0.366 e. The van der Waals surface area contributed by atoms with Crippen LogP contribution in [-0.2, 0) is 17.7 Å². The van der Waals surface area contributed by atoms with Gasteiger partial charge in [0.15, 0.2) is 0 Å². The third-order valence-corrected chi connectivity index (χ3v) is 3.04. The highest BCUT2D eigenvalue weighted by atomic mass is 16.5. The summed E-state index contributed by atoms with van der Waals surface area (Å²) in [5, 5.41) is 0. The first-order chi connectivity index (χ1) is 8.20. The van der Waals surface area contributed by atoms with Gasteiger partial charge in [-0.1, -0.05) is 13.8 Å². The second-order valence-corrected chi connectivity index (χ2v) is 4.78. The Kier molecular flexibility index (Phi) is 4.07. The first kappa shape index (κ1) is 12.5. The Labute approximate surface area is 103 Å². The maximum Gasteiger partial charge on any atom is 0.131 e. The molecule has 1 aliphatic heterocycles. The lowest BCUT2D eigenvalue weighted by molar-refractivity contribution is 0.0269.